The van der Waals surface area contributed by atoms with Crippen molar-refractivity contribution in [2.24, 2.45) is 0 Å². The van der Waals surface area contributed by atoms with Gasteiger partial charge in [0.1, 0.15) is 0 Å². The van der Waals surface area contributed by atoms with Crippen molar-refractivity contribution in [3.8, 4) is 0 Å². The van der Waals surface area contributed by atoms with Crippen LogP contribution in [0.15, 0.2) is 66.9 Å². The molecule has 0 aliphatic carbocycles. The number of anilines is 3. The van der Waals surface area contributed by atoms with Gasteiger partial charge in [-0.2, -0.15) is 0 Å². The highest BCUT2D eigenvalue weighted by molar-refractivity contribution is 5.76. The van der Waals surface area contributed by atoms with Crippen molar-refractivity contribution in [1.29, 1.82) is 0 Å². The highest BCUT2D eigenvalue weighted by Crippen LogP contribution is 2.36. The van der Waals surface area contributed by atoms with Crippen LogP contribution in [0, 0.1) is 6.92 Å². The number of aryl methyl sites for hydroxylation is 1. The lowest BCUT2D eigenvalue weighted by Gasteiger charge is -2.27. The van der Waals surface area contributed by atoms with Gasteiger partial charge in [0.2, 0.25) is 0 Å². The van der Waals surface area contributed by atoms with E-state index in [1.807, 2.05) is 13.1 Å². The number of pyridine rings is 1. The molecule has 1 heterocycles. The lowest BCUT2D eigenvalue weighted by molar-refractivity contribution is 0.590. The highest BCUT2D eigenvalue weighted by atomic mass is 15.1. The van der Waals surface area contributed by atoms with E-state index in [4.69, 9.17) is 0 Å². The zero-order chi connectivity index (χ0) is 20.5. The zero-order valence-corrected chi connectivity index (χ0v) is 18.2. The molecule has 0 radical (unpaired) electrons. The molecule has 0 atom stereocenters. The minimum Gasteiger partial charge on any atom is -0.309 e. The van der Waals surface area contributed by atoms with Crippen LogP contribution in [0.2, 0.25) is 0 Å². The number of hydrogen-bond donors (Lipinski definition) is 0. The predicted molar refractivity (Wildman–Crippen MR) is 121 cm³/mol. The van der Waals surface area contributed by atoms with Gasteiger partial charge < -0.3 is 4.90 Å². The van der Waals surface area contributed by atoms with Crippen LogP contribution < -0.4 is 4.90 Å². The summed E-state index contributed by atoms with van der Waals surface area (Å²) in [5.41, 5.74) is 7.33. The van der Waals surface area contributed by atoms with Crippen molar-refractivity contribution in [2.45, 2.75) is 59.3 Å². The summed E-state index contributed by atoms with van der Waals surface area (Å²) in [5.74, 6) is 0. The third kappa shape index (κ3) is 4.44. The Morgan fingerprint density at radius 3 is 1.29 bits per heavy atom. The van der Waals surface area contributed by atoms with Gasteiger partial charge >= 0.3 is 0 Å². The topological polar surface area (TPSA) is 16.1 Å². The quantitative estimate of drug-likeness (QED) is 0.474. The summed E-state index contributed by atoms with van der Waals surface area (Å²) in [6.45, 7) is 15.5. The standard InChI is InChI=1S/C26H32N2/c1-19-8-13-24(18-27-19)28(22-14-9-20(10-15-22)25(2,3)4)23-16-11-21(12-17-23)26(5,6)7/h8-18H,1-7H3. The van der Waals surface area contributed by atoms with Gasteiger partial charge in [0.05, 0.1) is 11.9 Å². The van der Waals surface area contributed by atoms with Crippen LogP contribution in [0.25, 0.3) is 0 Å². The monoisotopic (exact) mass is 372 g/mol. The molecular formula is C26H32N2. The summed E-state index contributed by atoms with van der Waals surface area (Å²) in [4.78, 5) is 6.79. The summed E-state index contributed by atoms with van der Waals surface area (Å²) in [6.07, 6.45) is 1.95. The van der Waals surface area contributed by atoms with E-state index in [0.29, 0.717) is 0 Å². The summed E-state index contributed by atoms with van der Waals surface area (Å²) in [6, 6.07) is 21.9. The molecule has 0 fully saturated rings. The van der Waals surface area contributed by atoms with Crippen LogP contribution in [0.5, 0.6) is 0 Å². The first-order valence-electron chi connectivity index (χ1n) is 9.99. The second-order valence-corrected chi connectivity index (χ2v) is 9.59. The van der Waals surface area contributed by atoms with E-state index in [1.165, 1.54) is 11.1 Å². The maximum absolute atomic E-state index is 4.52. The third-order valence-electron chi connectivity index (χ3n) is 5.14. The molecule has 28 heavy (non-hydrogen) atoms. The van der Waals surface area contributed by atoms with Crippen molar-refractivity contribution in [3.63, 3.8) is 0 Å². The molecular weight excluding hydrogens is 340 g/mol. The van der Waals surface area contributed by atoms with Crippen molar-refractivity contribution in [3.05, 3.63) is 83.7 Å². The molecule has 0 saturated carbocycles. The zero-order valence-electron chi connectivity index (χ0n) is 18.2. The maximum Gasteiger partial charge on any atom is 0.0645 e. The molecule has 0 aliphatic rings. The van der Waals surface area contributed by atoms with E-state index in [9.17, 15) is 0 Å². The molecule has 2 nitrogen and oxygen atoms in total. The second-order valence-electron chi connectivity index (χ2n) is 9.59. The second kappa shape index (κ2) is 7.43. The molecule has 3 rings (SSSR count). The van der Waals surface area contributed by atoms with E-state index in [2.05, 4.69) is 112 Å². The lowest BCUT2D eigenvalue weighted by atomic mass is 9.86. The van der Waals surface area contributed by atoms with Gasteiger partial charge in [-0.05, 0) is 65.3 Å². The van der Waals surface area contributed by atoms with Gasteiger partial charge in [-0.15, -0.1) is 0 Å². The Morgan fingerprint density at radius 1 is 0.571 bits per heavy atom. The average molecular weight is 373 g/mol. The van der Waals surface area contributed by atoms with Gasteiger partial charge in [-0.1, -0.05) is 65.8 Å². The maximum atomic E-state index is 4.52. The normalized spacial score (nSPS) is 12.1. The fraction of sp³-hybridized carbons (Fsp3) is 0.346. The Morgan fingerprint density at radius 2 is 0.964 bits per heavy atom. The fourth-order valence-electron chi connectivity index (χ4n) is 3.26. The smallest absolute Gasteiger partial charge is 0.0645 e. The Hall–Kier alpha value is -2.61. The molecule has 2 heteroatoms. The van der Waals surface area contributed by atoms with Gasteiger partial charge in [0, 0.05) is 17.1 Å². The third-order valence-corrected chi connectivity index (χ3v) is 5.14. The van der Waals surface area contributed by atoms with Crippen molar-refractivity contribution >= 4 is 17.1 Å². The predicted octanol–water partition coefficient (Wildman–Crippen LogP) is 7.45. The number of nitrogens with zero attached hydrogens (tertiary/aromatic N) is 2. The molecule has 2 aromatic carbocycles. The first kappa shape index (κ1) is 20.1. The van der Waals surface area contributed by atoms with E-state index in [-0.39, 0.29) is 10.8 Å². The van der Waals surface area contributed by atoms with Crippen molar-refractivity contribution < 1.29 is 0 Å². The van der Waals surface area contributed by atoms with Gasteiger partial charge in [0.25, 0.3) is 0 Å². The Kier molecular flexibility index (Phi) is 5.34. The molecule has 146 valence electrons. The number of aromatic nitrogens is 1. The summed E-state index contributed by atoms with van der Waals surface area (Å²) >= 11 is 0. The molecule has 0 aliphatic heterocycles. The van der Waals surface area contributed by atoms with Crippen molar-refractivity contribution in [1.82, 2.24) is 4.98 Å². The summed E-state index contributed by atoms with van der Waals surface area (Å²) in [5, 5.41) is 0. The number of rotatable bonds is 3. The van der Waals surface area contributed by atoms with E-state index < -0.39 is 0 Å². The van der Waals surface area contributed by atoms with Crippen LogP contribution in [-0.4, -0.2) is 4.98 Å². The first-order valence-corrected chi connectivity index (χ1v) is 9.99. The highest BCUT2D eigenvalue weighted by Gasteiger charge is 2.18. The van der Waals surface area contributed by atoms with Crippen LogP contribution in [0.3, 0.4) is 0 Å². The Labute approximate surface area is 170 Å². The molecule has 3 aromatic rings. The molecule has 0 unspecified atom stereocenters. The average Bonchev–Trinajstić information content (AvgIpc) is 2.63. The first-order chi connectivity index (χ1) is 13.1. The molecule has 0 N–H and O–H groups in total. The largest absolute Gasteiger partial charge is 0.309 e. The van der Waals surface area contributed by atoms with E-state index >= 15 is 0 Å². The minimum atomic E-state index is 0.142. The van der Waals surface area contributed by atoms with Crippen molar-refractivity contribution in [2.75, 3.05) is 4.90 Å². The molecule has 0 saturated heterocycles. The van der Waals surface area contributed by atoms with E-state index in [0.717, 1.165) is 22.8 Å². The molecule has 0 amide bonds. The molecule has 0 spiro atoms. The Balaban J connectivity index is 2.06. The lowest BCUT2D eigenvalue weighted by Crippen LogP contribution is -2.14. The van der Waals surface area contributed by atoms with Crippen LogP contribution in [0.1, 0.15) is 58.4 Å². The Bertz CT molecular complexity index is 849. The molecule has 0 bridgehead atoms. The molecule has 1 aromatic heterocycles. The minimum absolute atomic E-state index is 0.142. The number of benzene rings is 2. The van der Waals surface area contributed by atoms with Crippen LogP contribution in [0.4, 0.5) is 17.1 Å². The van der Waals surface area contributed by atoms with Crippen LogP contribution >= 0.6 is 0 Å². The fourth-order valence-corrected chi connectivity index (χ4v) is 3.26. The SMILES string of the molecule is Cc1ccc(N(c2ccc(C(C)(C)C)cc2)c2ccc(C(C)(C)C)cc2)cn1. The number of hydrogen-bond acceptors (Lipinski definition) is 2. The van der Waals surface area contributed by atoms with E-state index in [1.54, 1.807) is 0 Å². The van der Waals surface area contributed by atoms with Gasteiger partial charge in [-0.3, -0.25) is 4.98 Å². The summed E-state index contributed by atoms with van der Waals surface area (Å²) in [7, 11) is 0. The van der Waals surface area contributed by atoms with Crippen LogP contribution in [-0.2, 0) is 10.8 Å². The summed E-state index contributed by atoms with van der Waals surface area (Å²) < 4.78 is 0. The van der Waals surface area contributed by atoms with Gasteiger partial charge in [-0.25, -0.2) is 0 Å². The van der Waals surface area contributed by atoms with Gasteiger partial charge in [0.15, 0.2) is 0 Å².